The molecule has 0 bridgehead atoms. The molecular formula is C12H16FN3O. The van der Waals surface area contributed by atoms with Gasteiger partial charge in [0, 0.05) is 6.54 Å². The summed E-state index contributed by atoms with van der Waals surface area (Å²) in [7, 11) is 0. The summed E-state index contributed by atoms with van der Waals surface area (Å²) >= 11 is 0. The summed E-state index contributed by atoms with van der Waals surface area (Å²) < 4.78 is 12.9. The Morgan fingerprint density at radius 2 is 2.35 bits per heavy atom. The molecule has 5 heteroatoms. The normalized spacial score (nSPS) is 14.6. The first-order valence-corrected chi connectivity index (χ1v) is 5.86. The van der Waals surface area contributed by atoms with Gasteiger partial charge < -0.3 is 11.1 Å². The molecule has 0 aliphatic heterocycles. The van der Waals surface area contributed by atoms with E-state index in [0.717, 1.165) is 31.0 Å². The van der Waals surface area contributed by atoms with Crippen molar-refractivity contribution in [2.45, 2.75) is 25.7 Å². The first-order valence-electron chi connectivity index (χ1n) is 5.86. The first-order chi connectivity index (χ1) is 8.16. The molecule has 1 heterocycles. The van der Waals surface area contributed by atoms with E-state index >= 15 is 0 Å². The van der Waals surface area contributed by atoms with Crippen molar-refractivity contribution in [3.8, 4) is 0 Å². The van der Waals surface area contributed by atoms with Crippen molar-refractivity contribution >= 4 is 11.7 Å². The Hall–Kier alpha value is -1.65. The Bertz CT molecular complexity index is 418. The number of aromatic nitrogens is 1. The molecule has 1 fully saturated rings. The van der Waals surface area contributed by atoms with Crippen molar-refractivity contribution in [3.05, 3.63) is 23.6 Å². The minimum absolute atomic E-state index is 0.0612. The quantitative estimate of drug-likeness (QED) is 0.766. The summed E-state index contributed by atoms with van der Waals surface area (Å²) in [6.45, 7) is 0.602. The fourth-order valence-electron chi connectivity index (χ4n) is 1.73. The zero-order valence-electron chi connectivity index (χ0n) is 9.58. The number of nitrogen functional groups attached to an aromatic ring is 1. The zero-order chi connectivity index (χ0) is 12.3. The van der Waals surface area contributed by atoms with Gasteiger partial charge in [0.2, 0.25) is 0 Å². The third kappa shape index (κ3) is 3.41. The molecular weight excluding hydrogens is 221 g/mol. The minimum atomic E-state index is -0.553. The Balaban J connectivity index is 1.82. The number of carbonyl (C=O) groups is 1. The lowest BCUT2D eigenvalue weighted by Gasteiger charge is -2.06. The largest absolute Gasteiger partial charge is 0.383 e. The van der Waals surface area contributed by atoms with Gasteiger partial charge in [-0.25, -0.2) is 9.37 Å². The van der Waals surface area contributed by atoms with Gasteiger partial charge >= 0.3 is 0 Å². The number of pyridine rings is 1. The van der Waals surface area contributed by atoms with Gasteiger partial charge in [0.1, 0.15) is 11.6 Å². The van der Waals surface area contributed by atoms with Crippen LogP contribution in [-0.4, -0.2) is 17.4 Å². The molecule has 4 nitrogen and oxygen atoms in total. The number of nitrogens with one attached hydrogen (secondary N) is 1. The van der Waals surface area contributed by atoms with Crippen LogP contribution < -0.4 is 11.1 Å². The Morgan fingerprint density at radius 1 is 1.59 bits per heavy atom. The van der Waals surface area contributed by atoms with Gasteiger partial charge in [-0.05, 0) is 24.8 Å². The Labute approximate surface area is 99.4 Å². The molecule has 0 aromatic carbocycles. The van der Waals surface area contributed by atoms with Crippen molar-refractivity contribution in [2.24, 2.45) is 5.92 Å². The topological polar surface area (TPSA) is 68.0 Å². The highest BCUT2D eigenvalue weighted by molar-refractivity contribution is 5.98. The van der Waals surface area contributed by atoms with Gasteiger partial charge in [0.05, 0.1) is 11.8 Å². The van der Waals surface area contributed by atoms with E-state index in [2.05, 4.69) is 10.3 Å². The monoisotopic (exact) mass is 237 g/mol. The summed E-state index contributed by atoms with van der Waals surface area (Å²) in [4.78, 5) is 15.3. The maximum atomic E-state index is 12.9. The van der Waals surface area contributed by atoms with E-state index in [1.54, 1.807) is 0 Å². The average molecular weight is 237 g/mol. The SMILES string of the molecule is Nc1ncc(F)cc1C(=O)NCCCC1CC1. The van der Waals surface area contributed by atoms with Crippen molar-refractivity contribution in [1.82, 2.24) is 10.3 Å². The number of hydrogen-bond acceptors (Lipinski definition) is 3. The second kappa shape index (κ2) is 5.12. The maximum absolute atomic E-state index is 12.9. The number of nitrogens with zero attached hydrogens (tertiary/aromatic N) is 1. The molecule has 0 unspecified atom stereocenters. The van der Waals surface area contributed by atoms with Gasteiger partial charge in [-0.1, -0.05) is 12.8 Å². The molecule has 0 spiro atoms. The Morgan fingerprint density at radius 3 is 3.06 bits per heavy atom. The van der Waals surface area contributed by atoms with Crippen molar-refractivity contribution in [1.29, 1.82) is 0 Å². The van der Waals surface area contributed by atoms with Gasteiger partial charge in [0.15, 0.2) is 0 Å². The van der Waals surface area contributed by atoms with Gasteiger partial charge in [0.25, 0.3) is 5.91 Å². The minimum Gasteiger partial charge on any atom is -0.383 e. The highest BCUT2D eigenvalue weighted by Crippen LogP contribution is 2.33. The zero-order valence-corrected chi connectivity index (χ0v) is 9.58. The molecule has 1 aliphatic carbocycles. The van der Waals surface area contributed by atoms with E-state index in [1.165, 1.54) is 12.8 Å². The standard InChI is InChI=1S/C12H16FN3O/c13-9-6-10(11(14)16-7-9)12(17)15-5-1-2-8-3-4-8/h6-8H,1-5H2,(H2,14,16)(H,15,17). The van der Waals surface area contributed by atoms with E-state index < -0.39 is 5.82 Å². The van der Waals surface area contributed by atoms with Crippen molar-refractivity contribution < 1.29 is 9.18 Å². The van der Waals surface area contributed by atoms with Crippen LogP contribution in [0.4, 0.5) is 10.2 Å². The van der Waals surface area contributed by atoms with Crippen LogP contribution in [0.25, 0.3) is 0 Å². The van der Waals surface area contributed by atoms with Crippen LogP contribution in [0.1, 0.15) is 36.0 Å². The molecule has 1 aromatic rings. The van der Waals surface area contributed by atoms with E-state index in [-0.39, 0.29) is 17.3 Å². The predicted octanol–water partition coefficient (Wildman–Crippen LogP) is 1.72. The molecule has 92 valence electrons. The fraction of sp³-hybridized carbons (Fsp3) is 0.500. The fourth-order valence-corrected chi connectivity index (χ4v) is 1.73. The van der Waals surface area contributed by atoms with Crippen LogP contribution >= 0.6 is 0 Å². The molecule has 0 radical (unpaired) electrons. The number of nitrogens with two attached hydrogens (primary N) is 1. The second-order valence-corrected chi connectivity index (χ2v) is 4.43. The third-order valence-electron chi connectivity index (χ3n) is 2.90. The van der Waals surface area contributed by atoms with Crippen molar-refractivity contribution in [2.75, 3.05) is 12.3 Å². The van der Waals surface area contributed by atoms with E-state index in [4.69, 9.17) is 5.73 Å². The highest BCUT2D eigenvalue weighted by Gasteiger charge is 2.20. The van der Waals surface area contributed by atoms with Crippen LogP contribution in [0.5, 0.6) is 0 Å². The summed E-state index contributed by atoms with van der Waals surface area (Å²) in [5, 5.41) is 2.72. The average Bonchev–Trinajstić information content (AvgIpc) is 3.11. The van der Waals surface area contributed by atoms with E-state index in [1.807, 2.05) is 0 Å². The third-order valence-corrected chi connectivity index (χ3v) is 2.90. The molecule has 1 aromatic heterocycles. The number of anilines is 1. The number of carbonyl (C=O) groups excluding carboxylic acids is 1. The summed E-state index contributed by atoms with van der Waals surface area (Å²) in [5.41, 5.74) is 5.62. The van der Waals surface area contributed by atoms with Crippen LogP contribution in [0.15, 0.2) is 12.3 Å². The Kier molecular flexibility index (Phi) is 3.56. The van der Waals surface area contributed by atoms with Crippen LogP contribution in [0.3, 0.4) is 0 Å². The van der Waals surface area contributed by atoms with Crippen LogP contribution in [-0.2, 0) is 0 Å². The van der Waals surface area contributed by atoms with Gasteiger partial charge in [-0.2, -0.15) is 0 Å². The highest BCUT2D eigenvalue weighted by atomic mass is 19.1. The molecule has 0 saturated heterocycles. The molecule has 1 aliphatic rings. The number of hydrogen-bond donors (Lipinski definition) is 2. The second-order valence-electron chi connectivity index (χ2n) is 4.43. The molecule has 1 saturated carbocycles. The lowest BCUT2D eigenvalue weighted by atomic mass is 10.2. The van der Waals surface area contributed by atoms with E-state index in [9.17, 15) is 9.18 Å². The van der Waals surface area contributed by atoms with Crippen molar-refractivity contribution in [3.63, 3.8) is 0 Å². The smallest absolute Gasteiger partial charge is 0.255 e. The summed E-state index contributed by atoms with van der Waals surface area (Å²) in [6.07, 6.45) is 5.73. The molecule has 1 amide bonds. The lowest BCUT2D eigenvalue weighted by Crippen LogP contribution is -2.25. The first kappa shape index (κ1) is 11.8. The summed E-state index contributed by atoms with van der Waals surface area (Å²) in [5.74, 6) is 0.00604. The molecule has 3 N–H and O–H groups in total. The number of halogens is 1. The summed E-state index contributed by atoms with van der Waals surface area (Å²) in [6, 6.07) is 1.11. The molecule has 2 rings (SSSR count). The van der Waals surface area contributed by atoms with Crippen LogP contribution in [0, 0.1) is 11.7 Å². The number of amides is 1. The molecule has 0 atom stereocenters. The lowest BCUT2D eigenvalue weighted by molar-refractivity contribution is 0.0953. The maximum Gasteiger partial charge on any atom is 0.255 e. The molecule has 17 heavy (non-hydrogen) atoms. The van der Waals surface area contributed by atoms with E-state index in [0.29, 0.717) is 6.54 Å². The van der Waals surface area contributed by atoms with Crippen LogP contribution in [0.2, 0.25) is 0 Å². The number of rotatable bonds is 5. The van der Waals surface area contributed by atoms with Gasteiger partial charge in [-0.3, -0.25) is 4.79 Å². The predicted molar refractivity (Wildman–Crippen MR) is 62.9 cm³/mol. The van der Waals surface area contributed by atoms with Gasteiger partial charge in [-0.15, -0.1) is 0 Å².